The molecule has 27 heavy (non-hydrogen) atoms. The number of carbonyl (C=O) groups excluding carboxylic acids is 1. The van der Waals surface area contributed by atoms with E-state index in [1.165, 1.54) is 6.21 Å². The average molecular weight is 372 g/mol. The van der Waals surface area contributed by atoms with E-state index in [0.717, 1.165) is 0 Å². The number of nitrogens with zero attached hydrogens (tertiary/aromatic N) is 1. The maximum atomic E-state index is 11.9. The summed E-state index contributed by atoms with van der Waals surface area (Å²) in [5.41, 5.74) is 3.12. The number of methoxy groups -OCH3 is 2. The first-order valence-corrected chi connectivity index (χ1v) is 8.46. The number of hydrogen-bond acceptors (Lipinski definition) is 6. The average Bonchev–Trinajstić information content (AvgIpc) is 2.67. The van der Waals surface area contributed by atoms with Gasteiger partial charge in [-0.05, 0) is 50.2 Å². The van der Waals surface area contributed by atoms with E-state index in [2.05, 4.69) is 10.5 Å². The van der Waals surface area contributed by atoms with E-state index in [-0.39, 0.29) is 18.6 Å². The molecule has 144 valence electrons. The first-order valence-electron chi connectivity index (χ1n) is 8.46. The fourth-order valence-corrected chi connectivity index (χ4v) is 2.18. The molecule has 0 aliphatic heterocycles. The Morgan fingerprint density at radius 1 is 1.07 bits per heavy atom. The highest BCUT2D eigenvalue weighted by atomic mass is 16.5. The molecule has 0 saturated carbocycles. The third-order valence-corrected chi connectivity index (χ3v) is 3.41. The number of benzene rings is 2. The van der Waals surface area contributed by atoms with Gasteiger partial charge in [0.1, 0.15) is 11.5 Å². The minimum Gasteiger partial charge on any atom is -0.497 e. The van der Waals surface area contributed by atoms with E-state index in [0.29, 0.717) is 28.6 Å². The predicted molar refractivity (Wildman–Crippen MR) is 103 cm³/mol. The highest BCUT2D eigenvalue weighted by molar-refractivity contribution is 5.86. The zero-order chi connectivity index (χ0) is 19.6. The van der Waals surface area contributed by atoms with Gasteiger partial charge < -0.3 is 18.9 Å². The largest absolute Gasteiger partial charge is 0.497 e. The number of hydrazone groups is 1. The smallest absolute Gasteiger partial charge is 0.277 e. The third-order valence-electron chi connectivity index (χ3n) is 3.41. The maximum Gasteiger partial charge on any atom is 0.277 e. The van der Waals surface area contributed by atoms with Gasteiger partial charge in [0, 0.05) is 5.56 Å². The van der Waals surface area contributed by atoms with Gasteiger partial charge in [0.15, 0.2) is 18.1 Å². The summed E-state index contributed by atoms with van der Waals surface area (Å²) in [6.45, 7) is 3.69. The van der Waals surface area contributed by atoms with Crippen LogP contribution in [0.4, 0.5) is 0 Å². The molecule has 7 nitrogen and oxygen atoms in total. The summed E-state index contributed by atoms with van der Waals surface area (Å²) in [7, 11) is 3.16. The summed E-state index contributed by atoms with van der Waals surface area (Å²) < 4.78 is 21.6. The molecule has 2 aromatic rings. The van der Waals surface area contributed by atoms with Gasteiger partial charge in [-0.15, -0.1) is 0 Å². The van der Waals surface area contributed by atoms with Crippen LogP contribution in [0, 0.1) is 0 Å². The summed E-state index contributed by atoms with van der Waals surface area (Å²) in [6.07, 6.45) is 1.48. The second-order valence-electron chi connectivity index (χ2n) is 5.80. The Labute approximate surface area is 158 Å². The van der Waals surface area contributed by atoms with E-state index in [1.54, 1.807) is 44.6 Å². The van der Waals surface area contributed by atoms with Crippen molar-refractivity contribution in [3.63, 3.8) is 0 Å². The zero-order valence-corrected chi connectivity index (χ0v) is 15.9. The number of carbonyl (C=O) groups is 1. The lowest BCUT2D eigenvalue weighted by atomic mass is 10.2. The van der Waals surface area contributed by atoms with Crippen molar-refractivity contribution in [3.8, 4) is 23.0 Å². The second kappa shape index (κ2) is 10.1. The molecule has 0 aliphatic carbocycles. The number of amides is 1. The van der Waals surface area contributed by atoms with Gasteiger partial charge in [-0.3, -0.25) is 4.79 Å². The molecule has 1 amide bonds. The molecule has 0 aliphatic rings. The monoisotopic (exact) mass is 372 g/mol. The van der Waals surface area contributed by atoms with Crippen LogP contribution in [0.25, 0.3) is 0 Å². The van der Waals surface area contributed by atoms with E-state index < -0.39 is 0 Å². The Kier molecular flexibility index (Phi) is 7.49. The van der Waals surface area contributed by atoms with E-state index in [4.69, 9.17) is 18.9 Å². The standard InChI is InChI=1S/C20H24N2O5/c1-14(2)27-20-15(6-5-7-18(20)25-4)12-21-22-19(23)13-26-17-10-8-16(24-3)9-11-17/h5-12,14H,13H2,1-4H3,(H,22,23)/b21-12+. The van der Waals surface area contributed by atoms with Crippen LogP contribution in [0.5, 0.6) is 23.0 Å². The van der Waals surface area contributed by atoms with Crippen molar-refractivity contribution >= 4 is 12.1 Å². The van der Waals surface area contributed by atoms with Gasteiger partial charge in [0.25, 0.3) is 5.91 Å². The quantitative estimate of drug-likeness (QED) is 0.541. The number of ether oxygens (including phenoxy) is 4. The zero-order valence-electron chi connectivity index (χ0n) is 15.9. The van der Waals surface area contributed by atoms with Crippen LogP contribution in [-0.2, 0) is 4.79 Å². The Morgan fingerprint density at radius 3 is 2.41 bits per heavy atom. The van der Waals surface area contributed by atoms with E-state index >= 15 is 0 Å². The summed E-state index contributed by atoms with van der Waals surface area (Å²) in [5, 5.41) is 3.96. The van der Waals surface area contributed by atoms with Gasteiger partial charge in [-0.25, -0.2) is 5.43 Å². The number of nitrogens with one attached hydrogen (secondary N) is 1. The fraction of sp³-hybridized carbons (Fsp3) is 0.300. The molecule has 0 bridgehead atoms. The topological polar surface area (TPSA) is 78.4 Å². The van der Waals surface area contributed by atoms with Crippen LogP contribution >= 0.6 is 0 Å². The van der Waals surface area contributed by atoms with Gasteiger partial charge in [-0.1, -0.05) is 6.07 Å². The minimum absolute atomic E-state index is 0.0269. The SMILES string of the molecule is COc1ccc(OCC(=O)N/N=C/c2cccc(OC)c2OC(C)C)cc1. The molecule has 0 spiro atoms. The fourth-order valence-electron chi connectivity index (χ4n) is 2.18. The Balaban J connectivity index is 1.93. The molecule has 0 radical (unpaired) electrons. The van der Waals surface area contributed by atoms with Crippen molar-refractivity contribution in [1.82, 2.24) is 5.43 Å². The van der Waals surface area contributed by atoms with Crippen LogP contribution < -0.4 is 24.4 Å². The Morgan fingerprint density at radius 2 is 1.78 bits per heavy atom. The molecule has 0 aromatic heterocycles. The van der Waals surface area contributed by atoms with Crippen LogP contribution in [0.3, 0.4) is 0 Å². The number of rotatable bonds is 9. The Bertz CT molecular complexity index is 772. The molecular formula is C20H24N2O5. The molecule has 0 unspecified atom stereocenters. The van der Waals surface area contributed by atoms with Crippen LogP contribution in [-0.4, -0.2) is 39.1 Å². The van der Waals surface area contributed by atoms with Crippen molar-refractivity contribution in [2.24, 2.45) is 5.10 Å². The summed E-state index contributed by atoms with van der Waals surface area (Å²) in [5.74, 6) is 2.07. The second-order valence-corrected chi connectivity index (χ2v) is 5.80. The molecule has 2 rings (SSSR count). The third kappa shape index (κ3) is 6.22. The normalized spacial score (nSPS) is 10.7. The van der Waals surface area contributed by atoms with Crippen molar-refractivity contribution < 1.29 is 23.7 Å². The molecule has 0 atom stereocenters. The molecule has 0 saturated heterocycles. The lowest BCUT2D eigenvalue weighted by Gasteiger charge is -2.15. The van der Waals surface area contributed by atoms with Crippen molar-refractivity contribution in [3.05, 3.63) is 48.0 Å². The molecule has 7 heteroatoms. The summed E-state index contributed by atoms with van der Waals surface area (Å²) in [6, 6.07) is 12.4. The first-order chi connectivity index (χ1) is 13.0. The highest BCUT2D eigenvalue weighted by Gasteiger charge is 2.11. The highest BCUT2D eigenvalue weighted by Crippen LogP contribution is 2.30. The first kappa shape index (κ1) is 20.1. The van der Waals surface area contributed by atoms with Crippen molar-refractivity contribution in [2.75, 3.05) is 20.8 Å². The number of hydrogen-bond donors (Lipinski definition) is 1. The van der Waals surface area contributed by atoms with E-state index in [1.807, 2.05) is 26.0 Å². The van der Waals surface area contributed by atoms with Crippen molar-refractivity contribution in [2.45, 2.75) is 20.0 Å². The van der Waals surface area contributed by atoms with Crippen LogP contribution in [0.15, 0.2) is 47.6 Å². The molecule has 0 fully saturated rings. The molecule has 1 N–H and O–H groups in total. The Hall–Kier alpha value is -3.22. The lowest BCUT2D eigenvalue weighted by Crippen LogP contribution is -2.24. The van der Waals surface area contributed by atoms with Crippen LogP contribution in [0.2, 0.25) is 0 Å². The lowest BCUT2D eigenvalue weighted by molar-refractivity contribution is -0.123. The van der Waals surface area contributed by atoms with Crippen LogP contribution in [0.1, 0.15) is 19.4 Å². The summed E-state index contributed by atoms with van der Waals surface area (Å²) >= 11 is 0. The van der Waals surface area contributed by atoms with Gasteiger partial charge in [-0.2, -0.15) is 5.10 Å². The van der Waals surface area contributed by atoms with Gasteiger partial charge in [0.2, 0.25) is 0 Å². The molecule has 2 aromatic carbocycles. The number of para-hydroxylation sites is 1. The van der Waals surface area contributed by atoms with Gasteiger partial charge in [0.05, 0.1) is 26.5 Å². The van der Waals surface area contributed by atoms with Crippen molar-refractivity contribution in [1.29, 1.82) is 0 Å². The predicted octanol–water partition coefficient (Wildman–Crippen LogP) is 3.02. The minimum atomic E-state index is -0.378. The molecular weight excluding hydrogens is 348 g/mol. The van der Waals surface area contributed by atoms with E-state index in [9.17, 15) is 4.79 Å². The molecule has 0 heterocycles. The van der Waals surface area contributed by atoms with Gasteiger partial charge >= 0.3 is 0 Å². The maximum absolute atomic E-state index is 11.9. The summed E-state index contributed by atoms with van der Waals surface area (Å²) in [4.78, 5) is 11.9.